The van der Waals surface area contributed by atoms with Crippen molar-refractivity contribution in [3.05, 3.63) is 0 Å². The van der Waals surface area contributed by atoms with Crippen LogP contribution in [0.1, 0.15) is 90.4 Å². The Bertz CT molecular complexity index is 247. The molecule has 1 aliphatic heterocycles. The van der Waals surface area contributed by atoms with E-state index in [9.17, 15) is 4.79 Å². The molecule has 0 aromatic heterocycles. The van der Waals surface area contributed by atoms with Gasteiger partial charge in [-0.25, -0.2) is 0 Å². The lowest BCUT2D eigenvalue weighted by Gasteiger charge is -2.22. The summed E-state index contributed by atoms with van der Waals surface area (Å²) in [5.41, 5.74) is 0. The van der Waals surface area contributed by atoms with Crippen molar-refractivity contribution in [3.8, 4) is 0 Å². The third-order valence-electron chi connectivity index (χ3n) is 4.11. The van der Waals surface area contributed by atoms with Crippen molar-refractivity contribution in [2.24, 2.45) is 0 Å². The highest BCUT2D eigenvalue weighted by Crippen LogP contribution is 2.15. The number of unbranched alkanes of at least 4 members (excludes halogenated alkanes) is 8. The lowest BCUT2D eigenvalue weighted by atomic mass is 10.1. The fourth-order valence-corrected chi connectivity index (χ4v) is 2.77. The first kappa shape index (κ1) is 18.6. The van der Waals surface area contributed by atoms with Crippen LogP contribution < -0.4 is 0 Å². The van der Waals surface area contributed by atoms with Crippen molar-refractivity contribution in [1.82, 2.24) is 0 Å². The van der Waals surface area contributed by atoms with Gasteiger partial charge in [0.2, 0.25) is 0 Å². The fourth-order valence-electron chi connectivity index (χ4n) is 2.77. The largest absolute Gasteiger partial charge is 0.353 e. The molecule has 0 amide bonds. The van der Waals surface area contributed by atoms with Crippen LogP contribution in [0, 0.1) is 0 Å². The Labute approximate surface area is 130 Å². The van der Waals surface area contributed by atoms with Crippen LogP contribution in [0.4, 0.5) is 0 Å². The molecule has 1 atom stereocenters. The molecule has 3 nitrogen and oxygen atoms in total. The highest BCUT2D eigenvalue weighted by Gasteiger charge is 2.13. The van der Waals surface area contributed by atoms with E-state index >= 15 is 0 Å². The topological polar surface area (TPSA) is 35.5 Å². The maximum absolute atomic E-state index is 10.8. The van der Waals surface area contributed by atoms with Gasteiger partial charge in [-0.2, -0.15) is 0 Å². The monoisotopic (exact) mass is 298 g/mol. The minimum absolute atomic E-state index is 0.0775. The summed E-state index contributed by atoms with van der Waals surface area (Å²) < 4.78 is 11.3. The zero-order valence-corrected chi connectivity index (χ0v) is 13.9. The van der Waals surface area contributed by atoms with Gasteiger partial charge < -0.3 is 14.3 Å². The lowest BCUT2D eigenvalue weighted by molar-refractivity contribution is -0.162. The summed E-state index contributed by atoms with van der Waals surface area (Å²) >= 11 is 0. The van der Waals surface area contributed by atoms with E-state index in [-0.39, 0.29) is 6.29 Å². The average molecular weight is 298 g/mol. The quantitative estimate of drug-likeness (QED) is 0.448. The van der Waals surface area contributed by atoms with Crippen molar-refractivity contribution >= 4 is 5.78 Å². The fraction of sp³-hybridized carbons (Fsp3) is 0.944. The molecular weight excluding hydrogens is 264 g/mol. The molecule has 0 N–H and O–H groups in total. The number of Topliss-reactive ketones (excluding diaryl/α,β-unsaturated/α-hetero) is 1. The van der Waals surface area contributed by atoms with E-state index in [4.69, 9.17) is 9.47 Å². The van der Waals surface area contributed by atoms with Crippen LogP contribution in [0.15, 0.2) is 0 Å². The highest BCUT2D eigenvalue weighted by atomic mass is 16.7. The standard InChI is InChI=1S/C18H34O3/c1-17(19)13-9-7-5-3-2-4-6-8-11-15-20-18-14-10-12-16-21-18/h18H,2-16H2,1H3. The summed E-state index contributed by atoms with van der Waals surface area (Å²) in [6.07, 6.45) is 15.7. The number of rotatable bonds is 13. The summed E-state index contributed by atoms with van der Waals surface area (Å²) in [7, 11) is 0. The van der Waals surface area contributed by atoms with Gasteiger partial charge in [0.25, 0.3) is 0 Å². The Hall–Kier alpha value is -0.410. The van der Waals surface area contributed by atoms with Gasteiger partial charge in [-0.1, -0.05) is 44.9 Å². The van der Waals surface area contributed by atoms with E-state index in [1.165, 1.54) is 64.2 Å². The van der Waals surface area contributed by atoms with E-state index in [2.05, 4.69) is 0 Å². The molecule has 3 heteroatoms. The molecule has 0 aromatic carbocycles. The second-order valence-electron chi connectivity index (χ2n) is 6.30. The summed E-state index contributed by atoms with van der Waals surface area (Å²) in [4.78, 5) is 10.8. The Balaban J connectivity index is 1.71. The molecule has 0 radical (unpaired) electrons. The van der Waals surface area contributed by atoms with Crippen LogP contribution in [0.25, 0.3) is 0 Å². The molecule has 0 aromatic rings. The Kier molecular flexibility index (Phi) is 11.8. The van der Waals surface area contributed by atoms with Gasteiger partial charge in [0.05, 0.1) is 0 Å². The minimum atomic E-state index is 0.0775. The average Bonchev–Trinajstić information content (AvgIpc) is 2.49. The first-order valence-corrected chi connectivity index (χ1v) is 9.01. The molecule has 1 rings (SSSR count). The van der Waals surface area contributed by atoms with Crippen LogP contribution in [0.2, 0.25) is 0 Å². The number of carbonyl (C=O) groups is 1. The molecule has 124 valence electrons. The number of hydrogen-bond acceptors (Lipinski definition) is 3. The Morgan fingerprint density at radius 3 is 2.14 bits per heavy atom. The van der Waals surface area contributed by atoms with Gasteiger partial charge >= 0.3 is 0 Å². The smallest absolute Gasteiger partial charge is 0.157 e. The normalized spacial score (nSPS) is 18.8. The van der Waals surface area contributed by atoms with Gasteiger partial charge in [-0.3, -0.25) is 0 Å². The Morgan fingerprint density at radius 2 is 1.57 bits per heavy atom. The van der Waals surface area contributed by atoms with Gasteiger partial charge in [0.15, 0.2) is 6.29 Å². The van der Waals surface area contributed by atoms with Crippen LogP contribution >= 0.6 is 0 Å². The van der Waals surface area contributed by atoms with Crippen LogP contribution in [-0.4, -0.2) is 25.3 Å². The van der Waals surface area contributed by atoms with E-state index in [1.54, 1.807) is 6.92 Å². The maximum atomic E-state index is 10.8. The third-order valence-corrected chi connectivity index (χ3v) is 4.11. The number of hydrogen-bond donors (Lipinski definition) is 0. The van der Waals surface area contributed by atoms with Crippen molar-refractivity contribution < 1.29 is 14.3 Å². The zero-order valence-electron chi connectivity index (χ0n) is 13.9. The van der Waals surface area contributed by atoms with Crippen molar-refractivity contribution in [2.75, 3.05) is 13.2 Å². The summed E-state index contributed by atoms with van der Waals surface area (Å²) in [5, 5.41) is 0. The maximum Gasteiger partial charge on any atom is 0.157 e. The van der Waals surface area contributed by atoms with Crippen LogP contribution in [0.3, 0.4) is 0 Å². The predicted octanol–water partition coefficient (Wildman–Crippen LogP) is 5.02. The summed E-state index contributed by atoms with van der Waals surface area (Å²) in [6.45, 7) is 3.41. The molecular formula is C18H34O3. The number of ether oxygens (including phenoxy) is 2. The van der Waals surface area contributed by atoms with E-state index in [0.717, 1.165) is 32.5 Å². The summed E-state index contributed by atoms with van der Waals surface area (Å²) in [6, 6.07) is 0. The molecule has 1 unspecified atom stereocenters. The predicted molar refractivity (Wildman–Crippen MR) is 86.4 cm³/mol. The SMILES string of the molecule is CC(=O)CCCCCCCCCCCOC1CCCCO1. The lowest BCUT2D eigenvalue weighted by Crippen LogP contribution is -2.22. The molecule has 1 aliphatic rings. The van der Waals surface area contributed by atoms with E-state index in [0.29, 0.717) is 5.78 Å². The molecule has 21 heavy (non-hydrogen) atoms. The minimum Gasteiger partial charge on any atom is -0.353 e. The van der Waals surface area contributed by atoms with Crippen LogP contribution in [-0.2, 0) is 14.3 Å². The Morgan fingerprint density at radius 1 is 0.952 bits per heavy atom. The van der Waals surface area contributed by atoms with Gasteiger partial charge in [-0.05, 0) is 39.0 Å². The molecule has 0 spiro atoms. The molecule has 0 saturated carbocycles. The second-order valence-corrected chi connectivity index (χ2v) is 6.30. The van der Waals surface area contributed by atoms with Crippen LogP contribution in [0.5, 0.6) is 0 Å². The molecule has 0 bridgehead atoms. The van der Waals surface area contributed by atoms with Gasteiger partial charge in [0, 0.05) is 19.6 Å². The van der Waals surface area contributed by atoms with E-state index < -0.39 is 0 Å². The van der Waals surface area contributed by atoms with Crippen molar-refractivity contribution in [3.63, 3.8) is 0 Å². The van der Waals surface area contributed by atoms with Gasteiger partial charge in [-0.15, -0.1) is 0 Å². The zero-order chi connectivity index (χ0) is 15.2. The first-order chi connectivity index (χ1) is 10.3. The summed E-state index contributed by atoms with van der Waals surface area (Å²) in [5.74, 6) is 0.329. The number of ketones is 1. The molecule has 1 saturated heterocycles. The van der Waals surface area contributed by atoms with Crippen molar-refractivity contribution in [2.45, 2.75) is 96.7 Å². The molecule has 1 fully saturated rings. The molecule has 0 aliphatic carbocycles. The second kappa shape index (κ2) is 13.3. The highest BCUT2D eigenvalue weighted by molar-refractivity contribution is 5.75. The van der Waals surface area contributed by atoms with Gasteiger partial charge in [0.1, 0.15) is 5.78 Å². The first-order valence-electron chi connectivity index (χ1n) is 9.01. The molecule has 1 heterocycles. The number of carbonyl (C=O) groups excluding carboxylic acids is 1. The third kappa shape index (κ3) is 11.9. The van der Waals surface area contributed by atoms with Crippen molar-refractivity contribution in [1.29, 1.82) is 0 Å². The van der Waals surface area contributed by atoms with E-state index in [1.807, 2.05) is 0 Å².